The number of amides is 1. The Morgan fingerprint density at radius 1 is 1.09 bits per heavy atom. The number of carbonyl (C=O) groups is 1. The largest absolute Gasteiger partial charge is 0.335 e. The minimum atomic E-state index is -0.0928. The summed E-state index contributed by atoms with van der Waals surface area (Å²) in [7, 11) is 1.90. The van der Waals surface area contributed by atoms with Crippen molar-refractivity contribution < 1.29 is 4.79 Å². The highest BCUT2D eigenvalue weighted by molar-refractivity contribution is 6.35. The molecule has 1 aromatic carbocycles. The molecule has 4 aromatic rings. The molecule has 5 rings (SSSR count). The predicted octanol–water partition coefficient (Wildman–Crippen LogP) is 3.70. The zero-order valence-corrected chi connectivity index (χ0v) is 19.9. The Kier molecular flexibility index (Phi) is 5.82. The van der Waals surface area contributed by atoms with E-state index >= 15 is 0 Å². The molecule has 0 bridgehead atoms. The van der Waals surface area contributed by atoms with Gasteiger partial charge in [-0.25, -0.2) is 9.50 Å². The number of benzene rings is 1. The summed E-state index contributed by atoms with van der Waals surface area (Å²) in [6.07, 6.45) is 3.53. The van der Waals surface area contributed by atoms with Crippen molar-refractivity contribution in [2.24, 2.45) is 7.05 Å². The lowest BCUT2D eigenvalue weighted by molar-refractivity contribution is 0.0622. The molecule has 0 atom stereocenters. The Bertz CT molecular complexity index is 1320. The van der Waals surface area contributed by atoms with E-state index < -0.39 is 0 Å². The molecule has 1 saturated heterocycles. The molecular formula is C23H23Cl2N7O. The summed E-state index contributed by atoms with van der Waals surface area (Å²) in [5.74, 6) is -0.0928. The Hall–Kier alpha value is -2.94. The van der Waals surface area contributed by atoms with Crippen LogP contribution < -0.4 is 0 Å². The van der Waals surface area contributed by atoms with Crippen LogP contribution in [0, 0.1) is 6.92 Å². The zero-order chi connectivity index (χ0) is 23.1. The summed E-state index contributed by atoms with van der Waals surface area (Å²) in [4.78, 5) is 21.7. The fourth-order valence-electron chi connectivity index (χ4n) is 4.13. The lowest BCUT2D eigenvalue weighted by Crippen LogP contribution is -2.48. The molecule has 10 heteroatoms. The van der Waals surface area contributed by atoms with Crippen LogP contribution in [0.5, 0.6) is 0 Å². The quantitative estimate of drug-likeness (QED) is 0.442. The van der Waals surface area contributed by atoms with Gasteiger partial charge >= 0.3 is 0 Å². The number of rotatable bonds is 4. The van der Waals surface area contributed by atoms with Crippen molar-refractivity contribution in [1.29, 1.82) is 0 Å². The molecule has 8 nitrogen and oxygen atoms in total. The molecule has 1 fully saturated rings. The van der Waals surface area contributed by atoms with Gasteiger partial charge in [0.1, 0.15) is 0 Å². The van der Waals surface area contributed by atoms with Crippen molar-refractivity contribution in [3.05, 3.63) is 69.7 Å². The second-order valence-electron chi connectivity index (χ2n) is 8.17. The van der Waals surface area contributed by atoms with E-state index in [9.17, 15) is 4.79 Å². The number of hydrogen-bond donors (Lipinski definition) is 0. The smallest absolute Gasteiger partial charge is 0.274 e. The maximum absolute atomic E-state index is 13.2. The van der Waals surface area contributed by atoms with Crippen molar-refractivity contribution in [3.8, 4) is 11.3 Å². The SMILES string of the molecule is Cc1c(-c2ccnc3cc(C(=O)N4CCN(Cc5c(Cl)cccc5Cl)CC4)nn23)cnn1C. The average Bonchev–Trinajstić information content (AvgIpc) is 3.40. The minimum Gasteiger partial charge on any atom is -0.335 e. The Labute approximate surface area is 201 Å². The van der Waals surface area contributed by atoms with Crippen LogP contribution >= 0.6 is 23.2 Å². The number of fused-ring (bicyclic) bond motifs is 1. The third-order valence-corrected chi connectivity index (χ3v) is 6.90. The van der Waals surface area contributed by atoms with Crippen molar-refractivity contribution in [2.45, 2.75) is 13.5 Å². The van der Waals surface area contributed by atoms with E-state index in [0.717, 1.165) is 35.6 Å². The Morgan fingerprint density at radius 2 is 1.82 bits per heavy atom. The van der Waals surface area contributed by atoms with Gasteiger partial charge in [-0.15, -0.1) is 0 Å². The first-order valence-electron chi connectivity index (χ1n) is 10.7. The van der Waals surface area contributed by atoms with E-state index in [2.05, 4.69) is 20.1 Å². The van der Waals surface area contributed by atoms with Gasteiger partial charge in [-0.2, -0.15) is 10.2 Å². The molecule has 0 saturated carbocycles. The standard InChI is InChI=1S/C23H23Cl2N7O/c1-15-16(13-27-29(15)2)21-6-7-26-22-12-20(28-32(21)22)23(33)31-10-8-30(9-11-31)14-17-18(24)4-3-5-19(17)25/h3-7,12-13H,8-11,14H2,1-2H3. The first kappa shape index (κ1) is 21.9. The van der Waals surface area contributed by atoms with Crippen molar-refractivity contribution in [3.63, 3.8) is 0 Å². The average molecular weight is 484 g/mol. The van der Waals surface area contributed by atoms with Gasteiger partial charge in [0.05, 0.1) is 11.9 Å². The first-order valence-corrected chi connectivity index (χ1v) is 11.5. The van der Waals surface area contributed by atoms with E-state index in [4.69, 9.17) is 23.2 Å². The number of nitrogens with zero attached hydrogens (tertiary/aromatic N) is 7. The molecule has 1 aliphatic heterocycles. The molecule has 0 unspecified atom stereocenters. The van der Waals surface area contributed by atoms with E-state index in [1.807, 2.05) is 47.8 Å². The van der Waals surface area contributed by atoms with Crippen molar-refractivity contribution in [2.75, 3.05) is 26.2 Å². The summed E-state index contributed by atoms with van der Waals surface area (Å²) in [5.41, 5.74) is 4.76. The van der Waals surface area contributed by atoms with Gasteiger partial charge in [-0.05, 0) is 25.1 Å². The third kappa shape index (κ3) is 4.10. The molecule has 4 heterocycles. The number of carbonyl (C=O) groups excluding carboxylic acids is 1. The molecule has 170 valence electrons. The molecule has 0 spiro atoms. The second kappa shape index (κ2) is 8.78. The highest BCUT2D eigenvalue weighted by atomic mass is 35.5. The van der Waals surface area contributed by atoms with Gasteiger partial charge in [-0.3, -0.25) is 14.4 Å². The van der Waals surface area contributed by atoms with Gasteiger partial charge in [-0.1, -0.05) is 29.3 Å². The van der Waals surface area contributed by atoms with Crippen LogP contribution in [0.3, 0.4) is 0 Å². The summed E-state index contributed by atoms with van der Waals surface area (Å²) < 4.78 is 3.53. The van der Waals surface area contributed by atoms with Gasteiger partial charge in [0.2, 0.25) is 0 Å². The van der Waals surface area contributed by atoms with Crippen molar-refractivity contribution in [1.82, 2.24) is 34.2 Å². The molecular weight excluding hydrogens is 461 g/mol. The molecule has 3 aromatic heterocycles. The van der Waals surface area contributed by atoms with Gasteiger partial charge in [0, 0.05) is 78.9 Å². The minimum absolute atomic E-state index is 0.0928. The normalized spacial score (nSPS) is 14.8. The maximum atomic E-state index is 13.2. The van der Waals surface area contributed by atoms with Crippen LogP contribution in [0.15, 0.2) is 42.7 Å². The summed E-state index contributed by atoms with van der Waals surface area (Å²) >= 11 is 12.6. The topological polar surface area (TPSA) is 71.6 Å². The van der Waals surface area contributed by atoms with Crippen LogP contribution in [0.4, 0.5) is 0 Å². The second-order valence-corrected chi connectivity index (χ2v) is 8.98. The highest BCUT2D eigenvalue weighted by Gasteiger charge is 2.25. The maximum Gasteiger partial charge on any atom is 0.274 e. The molecule has 0 radical (unpaired) electrons. The molecule has 33 heavy (non-hydrogen) atoms. The number of aryl methyl sites for hydroxylation is 1. The Morgan fingerprint density at radius 3 is 2.48 bits per heavy atom. The monoisotopic (exact) mass is 483 g/mol. The number of aromatic nitrogens is 5. The summed E-state index contributed by atoms with van der Waals surface area (Å²) in [6.45, 7) is 5.34. The van der Waals surface area contributed by atoms with Crippen LogP contribution in [-0.2, 0) is 13.6 Å². The molecule has 0 N–H and O–H groups in total. The van der Waals surface area contributed by atoms with Gasteiger partial charge in [0.15, 0.2) is 11.3 Å². The molecule has 1 aliphatic rings. The highest BCUT2D eigenvalue weighted by Crippen LogP contribution is 2.26. The predicted molar refractivity (Wildman–Crippen MR) is 128 cm³/mol. The fraction of sp³-hybridized carbons (Fsp3) is 0.304. The zero-order valence-electron chi connectivity index (χ0n) is 18.4. The van der Waals surface area contributed by atoms with E-state index in [1.165, 1.54) is 0 Å². The van der Waals surface area contributed by atoms with Crippen molar-refractivity contribution >= 4 is 34.8 Å². The number of piperazine rings is 1. The van der Waals surface area contributed by atoms with E-state index in [-0.39, 0.29) is 5.91 Å². The van der Waals surface area contributed by atoms with Crippen LogP contribution in [0.2, 0.25) is 10.0 Å². The lowest BCUT2D eigenvalue weighted by Gasteiger charge is -2.34. The fourth-order valence-corrected chi connectivity index (χ4v) is 4.65. The van der Waals surface area contributed by atoms with Crippen LogP contribution in [0.25, 0.3) is 16.9 Å². The van der Waals surface area contributed by atoms with Crippen LogP contribution in [0.1, 0.15) is 21.7 Å². The van der Waals surface area contributed by atoms with Gasteiger partial charge in [0.25, 0.3) is 5.91 Å². The number of hydrogen-bond acceptors (Lipinski definition) is 5. The van der Waals surface area contributed by atoms with Crippen LogP contribution in [-0.4, -0.2) is 66.3 Å². The first-order chi connectivity index (χ1) is 15.9. The number of halogens is 2. The van der Waals surface area contributed by atoms with Gasteiger partial charge < -0.3 is 4.90 Å². The summed E-state index contributed by atoms with van der Waals surface area (Å²) in [5, 5.41) is 10.3. The Balaban J connectivity index is 1.32. The van der Waals surface area contributed by atoms with E-state index in [0.29, 0.717) is 41.0 Å². The summed E-state index contributed by atoms with van der Waals surface area (Å²) in [6, 6.07) is 9.17. The lowest BCUT2D eigenvalue weighted by atomic mass is 10.2. The third-order valence-electron chi connectivity index (χ3n) is 6.19. The van der Waals surface area contributed by atoms with E-state index in [1.54, 1.807) is 23.0 Å². The molecule has 0 aliphatic carbocycles. The molecule has 1 amide bonds.